The van der Waals surface area contributed by atoms with E-state index in [2.05, 4.69) is 6.92 Å². The number of hydrogen-bond donors (Lipinski definition) is 0. The second-order valence-electron chi connectivity index (χ2n) is 9.20. The highest BCUT2D eigenvalue weighted by molar-refractivity contribution is 6.66. The van der Waals surface area contributed by atoms with Crippen LogP contribution in [0, 0.1) is 0 Å². The van der Waals surface area contributed by atoms with Gasteiger partial charge in [0.05, 0.1) is 15.1 Å². The third kappa shape index (κ3) is 13.0. The molecule has 0 fully saturated rings. The molecule has 0 aliphatic carbocycles. The van der Waals surface area contributed by atoms with E-state index in [-0.39, 0.29) is 30.9 Å². The van der Waals surface area contributed by atoms with E-state index < -0.39 is 8.56 Å². The van der Waals surface area contributed by atoms with E-state index >= 15 is 0 Å². The normalized spacial score (nSPS) is 11.9. The fourth-order valence-corrected chi connectivity index (χ4v) is 6.46. The smallest absolute Gasteiger partial charge is 0.392 e. The van der Waals surface area contributed by atoms with Crippen molar-refractivity contribution in [3.63, 3.8) is 0 Å². The van der Waals surface area contributed by atoms with E-state index in [1.807, 2.05) is 13.1 Å². The van der Waals surface area contributed by atoms with E-state index in [9.17, 15) is 0 Å². The lowest BCUT2D eigenvalue weighted by molar-refractivity contribution is 0.241. The van der Waals surface area contributed by atoms with Crippen LogP contribution in [-0.2, 0) is 4.43 Å². The van der Waals surface area contributed by atoms with E-state index in [4.69, 9.17) is 66.9 Å². The molecule has 0 unspecified atom stereocenters. The van der Waals surface area contributed by atoms with Crippen molar-refractivity contribution in [1.82, 2.24) is 0 Å². The molecule has 0 bridgehead atoms. The molecule has 0 aromatic heterocycles. The summed E-state index contributed by atoms with van der Waals surface area (Å²) in [6.07, 6.45) is 20.1. The van der Waals surface area contributed by atoms with Gasteiger partial charge in [-0.2, -0.15) is 0 Å². The van der Waals surface area contributed by atoms with Gasteiger partial charge >= 0.3 is 8.56 Å². The van der Waals surface area contributed by atoms with Crippen molar-refractivity contribution < 1.29 is 8.85 Å². The molecule has 0 heterocycles. The van der Waals surface area contributed by atoms with E-state index in [1.54, 1.807) is 0 Å². The zero-order chi connectivity index (χ0) is 24.7. The number of hydrogen-bond acceptors (Lipinski definition) is 2. The summed E-state index contributed by atoms with van der Waals surface area (Å²) in [5.41, 5.74) is 0. The summed E-state index contributed by atoms with van der Waals surface area (Å²) in [7, 11) is -2.51. The van der Waals surface area contributed by atoms with Gasteiger partial charge in [0.1, 0.15) is 15.8 Å². The first-order chi connectivity index (χ1) is 15.7. The summed E-state index contributed by atoms with van der Waals surface area (Å²) >= 11 is 30.8. The first-order valence-corrected chi connectivity index (χ1v) is 17.3. The highest BCUT2D eigenvalue weighted by Gasteiger charge is 2.31. The molecule has 0 spiro atoms. The summed E-state index contributed by atoms with van der Waals surface area (Å²) in [5.74, 6) is 0.242. The fraction of sp³-hybridized carbons (Fsp3) is 0.760. The molecule has 2 nitrogen and oxygen atoms in total. The van der Waals surface area contributed by atoms with Crippen LogP contribution < -0.4 is 4.43 Å². The SMILES string of the molecule is CCCCCCCCCCCCCCCCCO[Si](C)(C)Oc1c(Cl)c(Cl)c(Cl)c(Cl)c1Cl. The Morgan fingerprint density at radius 1 is 0.515 bits per heavy atom. The average molecular weight is 579 g/mol. The van der Waals surface area contributed by atoms with Crippen LogP contribution >= 0.6 is 58.0 Å². The van der Waals surface area contributed by atoms with Crippen molar-refractivity contribution in [2.45, 2.75) is 116 Å². The molecule has 192 valence electrons. The number of rotatable bonds is 19. The van der Waals surface area contributed by atoms with Crippen LogP contribution in [-0.4, -0.2) is 15.2 Å². The number of unbranched alkanes of at least 4 members (excludes halogenated alkanes) is 14. The molecular formula is C25H41Cl5O2Si. The molecular weight excluding hydrogens is 538 g/mol. The van der Waals surface area contributed by atoms with Gasteiger partial charge in [0.2, 0.25) is 0 Å². The Kier molecular flexibility index (Phi) is 17.3. The third-order valence-corrected chi connectivity index (χ3v) is 9.55. The molecule has 0 aliphatic heterocycles. The first-order valence-electron chi connectivity index (χ1n) is 12.6. The molecule has 0 N–H and O–H groups in total. The van der Waals surface area contributed by atoms with Gasteiger partial charge in [-0.05, 0) is 19.5 Å². The minimum atomic E-state index is -2.51. The van der Waals surface area contributed by atoms with Crippen LogP contribution in [0.4, 0.5) is 0 Å². The minimum absolute atomic E-state index is 0.124. The van der Waals surface area contributed by atoms with Gasteiger partial charge in [0, 0.05) is 6.61 Å². The summed E-state index contributed by atoms with van der Waals surface area (Å²) in [6.45, 7) is 6.82. The Morgan fingerprint density at radius 2 is 0.848 bits per heavy atom. The quantitative estimate of drug-likeness (QED) is 0.0703. The Hall–Kier alpha value is 0.647. The Morgan fingerprint density at radius 3 is 1.24 bits per heavy atom. The van der Waals surface area contributed by atoms with Gasteiger partial charge in [-0.1, -0.05) is 155 Å². The maximum atomic E-state index is 6.27. The Labute approximate surface area is 228 Å². The van der Waals surface area contributed by atoms with Crippen molar-refractivity contribution >= 4 is 66.6 Å². The molecule has 0 amide bonds. The number of benzene rings is 1. The van der Waals surface area contributed by atoms with Crippen LogP contribution in [0.25, 0.3) is 0 Å². The lowest BCUT2D eigenvalue weighted by atomic mass is 10.0. The van der Waals surface area contributed by atoms with Gasteiger partial charge in [0.15, 0.2) is 0 Å². The maximum Gasteiger partial charge on any atom is 0.392 e. The topological polar surface area (TPSA) is 18.5 Å². The molecule has 0 atom stereocenters. The molecule has 8 heteroatoms. The fourth-order valence-electron chi connectivity index (χ4n) is 3.74. The third-order valence-electron chi connectivity index (χ3n) is 5.71. The molecule has 0 radical (unpaired) electrons. The van der Waals surface area contributed by atoms with Gasteiger partial charge in [-0.3, -0.25) is 0 Å². The summed E-state index contributed by atoms with van der Waals surface area (Å²) < 4.78 is 12.1. The van der Waals surface area contributed by atoms with Gasteiger partial charge in [-0.15, -0.1) is 0 Å². The van der Waals surface area contributed by atoms with E-state index in [0.717, 1.165) is 6.42 Å². The van der Waals surface area contributed by atoms with Crippen LogP contribution in [0.15, 0.2) is 0 Å². The van der Waals surface area contributed by atoms with Crippen LogP contribution in [0.5, 0.6) is 5.75 Å². The standard InChI is InChI=1S/C25H41Cl5O2Si/c1-4-5-6-7-8-9-10-11-12-13-14-15-16-17-18-19-31-33(2,3)32-25-23(29)21(27)20(26)22(28)24(25)30/h4-19H2,1-3H3. The molecule has 0 aliphatic rings. The molecule has 0 saturated carbocycles. The summed E-state index contributed by atoms with van der Waals surface area (Å²) in [5, 5.41) is 0.711. The Balaban J connectivity index is 2.10. The first kappa shape index (κ1) is 31.7. The minimum Gasteiger partial charge on any atom is -0.518 e. The lowest BCUT2D eigenvalue weighted by Gasteiger charge is -2.26. The monoisotopic (exact) mass is 576 g/mol. The predicted octanol–water partition coefficient (Wildman–Crippen LogP) is 11.9. The molecule has 1 rings (SSSR count). The van der Waals surface area contributed by atoms with Crippen LogP contribution in [0.1, 0.15) is 103 Å². The lowest BCUT2D eigenvalue weighted by Crippen LogP contribution is -2.39. The second kappa shape index (κ2) is 18.0. The molecule has 1 aromatic carbocycles. The van der Waals surface area contributed by atoms with Gasteiger partial charge in [0.25, 0.3) is 0 Å². The maximum absolute atomic E-state index is 6.27. The highest BCUT2D eigenvalue weighted by atomic mass is 35.5. The zero-order valence-corrected chi connectivity index (χ0v) is 25.3. The van der Waals surface area contributed by atoms with Crippen LogP contribution in [0.2, 0.25) is 38.2 Å². The molecule has 1 aromatic rings. The van der Waals surface area contributed by atoms with E-state index in [0.29, 0.717) is 6.61 Å². The van der Waals surface area contributed by atoms with Crippen molar-refractivity contribution in [3.8, 4) is 5.75 Å². The van der Waals surface area contributed by atoms with Gasteiger partial charge < -0.3 is 8.85 Å². The van der Waals surface area contributed by atoms with Gasteiger partial charge in [-0.25, -0.2) is 0 Å². The summed E-state index contributed by atoms with van der Waals surface area (Å²) in [4.78, 5) is 0. The number of halogens is 5. The van der Waals surface area contributed by atoms with E-state index in [1.165, 1.54) is 89.9 Å². The summed E-state index contributed by atoms with van der Waals surface area (Å²) in [6, 6.07) is 0. The van der Waals surface area contributed by atoms with Crippen molar-refractivity contribution in [3.05, 3.63) is 25.1 Å². The molecule has 33 heavy (non-hydrogen) atoms. The largest absolute Gasteiger partial charge is 0.518 e. The van der Waals surface area contributed by atoms with Crippen molar-refractivity contribution in [1.29, 1.82) is 0 Å². The second-order valence-corrected chi connectivity index (χ2v) is 14.4. The van der Waals surface area contributed by atoms with Crippen LogP contribution in [0.3, 0.4) is 0 Å². The average Bonchev–Trinajstić information content (AvgIpc) is 2.79. The molecule has 0 saturated heterocycles. The predicted molar refractivity (Wildman–Crippen MR) is 150 cm³/mol. The zero-order valence-electron chi connectivity index (χ0n) is 20.5. The van der Waals surface area contributed by atoms with Crippen molar-refractivity contribution in [2.75, 3.05) is 6.61 Å². The highest BCUT2D eigenvalue weighted by Crippen LogP contribution is 2.48. The van der Waals surface area contributed by atoms with Crippen molar-refractivity contribution in [2.24, 2.45) is 0 Å². The Bertz CT molecular complexity index is 656.